The van der Waals surface area contributed by atoms with Crippen LogP contribution in [0.1, 0.15) is 24.3 Å². The van der Waals surface area contributed by atoms with Crippen LogP contribution >= 0.6 is 0 Å². The Morgan fingerprint density at radius 2 is 2.32 bits per heavy atom. The van der Waals surface area contributed by atoms with E-state index in [-0.39, 0.29) is 12.5 Å². The highest BCUT2D eigenvalue weighted by atomic mass is 16.3. The number of nitrogens with zero attached hydrogens (tertiary/aromatic N) is 1. The second-order valence-corrected chi connectivity index (χ2v) is 4.46. The van der Waals surface area contributed by atoms with Gasteiger partial charge in [0.1, 0.15) is 5.52 Å². The van der Waals surface area contributed by atoms with Crippen LogP contribution in [0.5, 0.6) is 0 Å². The molecule has 5 heteroatoms. The van der Waals surface area contributed by atoms with E-state index < -0.39 is 0 Å². The van der Waals surface area contributed by atoms with Crippen molar-refractivity contribution in [3.05, 3.63) is 29.7 Å². The predicted molar refractivity (Wildman–Crippen MR) is 71.8 cm³/mol. The molecule has 0 saturated carbocycles. The van der Waals surface area contributed by atoms with Crippen LogP contribution in [0.3, 0.4) is 0 Å². The number of aliphatic hydroxyl groups is 1. The fourth-order valence-corrected chi connectivity index (χ4v) is 1.92. The average Bonchev–Trinajstić information content (AvgIpc) is 2.75. The van der Waals surface area contributed by atoms with E-state index in [1.807, 2.05) is 25.1 Å². The van der Waals surface area contributed by atoms with Crippen LogP contribution in [0.4, 0.5) is 0 Å². The van der Waals surface area contributed by atoms with Crippen molar-refractivity contribution in [1.82, 2.24) is 10.3 Å². The van der Waals surface area contributed by atoms with Crippen LogP contribution in [0, 0.1) is 6.92 Å². The maximum atomic E-state index is 11.4. The summed E-state index contributed by atoms with van der Waals surface area (Å²) in [6.07, 6.45) is 1.64. The fourth-order valence-electron chi connectivity index (χ4n) is 1.92. The summed E-state index contributed by atoms with van der Waals surface area (Å²) in [6, 6.07) is 5.86. The summed E-state index contributed by atoms with van der Waals surface area (Å²) in [4.78, 5) is 15.6. The molecule has 0 aliphatic heterocycles. The van der Waals surface area contributed by atoms with Gasteiger partial charge in [-0.25, -0.2) is 4.98 Å². The number of aryl methyl sites for hydroxylation is 1. The second-order valence-electron chi connectivity index (χ2n) is 4.46. The molecule has 0 unspecified atom stereocenters. The highest BCUT2D eigenvalue weighted by Gasteiger charge is 2.04. The molecule has 102 valence electrons. The van der Waals surface area contributed by atoms with Crippen molar-refractivity contribution in [3.8, 4) is 0 Å². The number of aromatic nitrogens is 1. The number of hydrogen-bond acceptors (Lipinski definition) is 4. The van der Waals surface area contributed by atoms with Gasteiger partial charge in [0.05, 0.1) is 0 Å². The topological polar surface area (TPSA) is 75.4 Å². The minimum absolute atomic E-state index is 0.0209. The maximum absolute atomic E-state index is 11.4. The third kappa shape index (κ3) is 3.79. The van der Waals surface area contributed by atoms with Crippen LogP contribution in [-0.4, -0.2) is 29.1 Å². The van der Waals surface area contributed by atoms with Gasteiger partial charge in [-0.2, -0.15) is 0 Å². The van der Waals surface area contributed by atoms with Gasteiger partial charge in [-0.1, -0.05) is 6.07 Å². The number of rotatable bonds is 6. The van der Waals surface area contributed by atoms with Crippen LogP contribution in [0.15, 0.2) is 22.6 Å². The van der Waals surface area contributed by atoms with Crippen molar-refractivity contribution in [2.45, 2.75) is 26.2 Å². The second kappa shape index (κ2) is 6.33. The Morgan fingerprint density at radius 3 is 3.11 bits per heavy atom. The SMILES string of the molecule is Cc1nc2cc(CCNC(=O)CCCO)ccc2o1. The Labute approximate surface area is 111 Å². The fraction of sp³-hybridized carbons (Fsp3) is 0.429. The third-order valence-electron chi connectivity index (χ3n) is 2.86. The van der Waals surface area contributed by atoms with Gasteiger partial charge in [-0.05, 0) is 30.5 Å². The van der Waals surface area contributed by atoms with Crippen LogP contribution in [0.25, 0.3) is 11.1 Å². The highest BCUT2D eigenvalue weighted by Crippen LogP contribution is 2.16. The largest absolute Gasteiger partial charge is 0.441 e. The first-order valence-electron chi connectivity index (χ1n) is 6.42. The molecule has 0 saturated heterocycles. The maximum Gasteiger partial charge on any atom is 0.220 e. The van der Waals surface area contributed by atoms with Crippen LogP contribution in [-0.2, 0) is 11.2 Å². The minimum Gasteiger partial charge on any atom is -0.441 e. The quantitative estimate of drug-likeness (QED) is 0.828. The summed E-state index contributed by atoms with van der Waals surface area (Å²) in [5, 5.41) is 11.5. The first-order valence-corrected chi connectivity index (χ1v) is 6.42. The van der Waals surface area contributed by atoms with E-state index in [0.29, 0.717) is 25.3 Å². The molecule has 1 aromatic heterocycles. The molecule has 0 atom stereocenters. The first kappa shape index (κ1) is 13.5. The van der Waals surface area contributed by atoms with E-state index in [0.717, 1.165) is 23.1 Å². The molecule has 5 nitrogen and oxygen atoms in total. The Morgan fingerprint density at radius 1 is 1.47 bits per heavy atom. The van der Waals surface area contributed by atoms with Crippen molar-refractivity contribution in [2.24, 2.45) is 0 Å². The number of oxazole rings is 1. The molecule has 1 heterocycles. The monoisotopic (exact) mass is 262 g/mol. The third-order valence-corrected chi connectivity index (χ3v) is 2.86. The molecule has 0 bridgehead atoms. The number of benzene rings is 1. The van der Waals surface area contributed by atoms with Gasteiger partial charge in [-0.15, -0.1) is 0 Å². The predicted octanol–water partition coefficient (Wildman–Crippen LogP) is 1.57. The molecule has 0 radical (unpaired) electrons. The number of amides is 1. The zero-order chi connectivity index (χ0) is 13.7. The van der Waals surface area contributed by atoms with E-state index in [4.69, 9.17) is 9.52 Å². The van der Waals surface area contributed by atoms with Crippen LogP contribution < -0.4 is 5.32 Å². The van der Waals surface area contributed by atoms with Gasteiger partial charge in [0.2, 0.25) is 5.91 Å². The van der Waals surface area contributed by atoms with Gasteiger partial charge in [-0.3, -0.25) is 4.79 Å². The van der Waals surface area contributed by atoms with E-state index in [2.05, 4.69) is 10.3 Å². The lowest BCUT2D eigenvalue weighted by atomic mass is 10.1. The molecule has 0 fully saturated rings. The van der Waals surface area contributed by atoms with Crippen molar-refractivity contribution < 1.29 is 14.3 Å². The van der Waals surface area contributed by atoms with E-state index in [1.165, 1.54) is 0 Å². The summed E-state index contributed by atoms with van der Waals surface area (Å²) >= 11 is 0. The van der Waals surface area contributed by atoms with Crippen molar-refractivity contribution in [3.63, 3.8) is 0 Å². The lowest BCUT2D eigenvalue weighted by molar-refractivity contribution is -0.121. The van der Waals surface area contributed by atoms with E-state index in [1.54, 1.807) is 0 Å². The minimum atomic E-state index is -0.0209. The summed E-state index contributed by atoms with van der Waals surface area (Å²) in [5.74, 6) is 0.636. The average molecular weight is 262 g/mol. The number of hydrogen-bond donors (Lipinski definition) is 2. The Bertz CT molecular complexity index is 563. The van der Waals surface area contributed by atoms with Crippen molar-refractivity contribution in [1.29, 1.82) is 0 Å². The zero-order valence-corrected chi connectivity index (χ0v) is 11.0. The number of carbonyl (C=O) groups excluding carboxylic acids is 1. The summed E-state index contributed by atoms with van der Waals surface area (Å²) in [6.45, 7) is 2.46. The standard InChI is InChI=1S/C14H18N2O3/c1-10-16-12-9-11(4-5-13(12)19-10)6-7-15-14(18)3-2-8-17/h4-5,9,17H,2-3,6-8H2,1H3,(H,15,18). The molecule has 19 heavy (non-hydrogen) atoms. The van der Waals surface area contributed by atoms with Crippen molar-refractivity contribution in [2.75, 3.05) is 13.2 Å². The summed E-state index contributed by atoms with van der Waals surface area (Å²) < 4.78 is 5.41. The van der Waals surface area contributed by atoms with Gasteiger partial charge in [0, 0.05) is 26.5 Å². The molecule has 0 aliphatic rings. The van der Waals surface area contributed by atoms with E-state index in [9.17, 15) is 4.79 Å². The first-order chi connectivity index (χ1) is 9.19. The molecule has 2 N–H and O–H groups in total. The van der Waals surface area contributed by atoms with Crippen molar-refractivity contribution >= 4 is 17.0 Å². The highest BCUT2D eigenvalue weighted by molar-refractivity contribution is 5.76. The molecule has 1 aromatic carbocycles. The molecule has 1 amide bonds. The number of fused-ring (bicyclic) bond motifs is 1. The number of carbonyl (C=O) groups is 1. The molecular formula is C14H18N2O3. The molecule has 0 spiro atoms. The molecular weight excluding hydrogens is 244 g/mol. The molecule has 2 aromatic rings. The normalized spacial score (nSPS) is 10.8. The lowest BCUT2D eigenvalue weighted by Crippen LogP contribution is -2.25. The Kier molecular flexibility index (Phi) is 4.52. The summed E-state index contributed by atoms with van der Waals surface area (Å²) in [7, 11) is 0. The lowest BCUT2D eigenvalue weighted by Gasteiger charge is -2.04. The summed E-state index contributed by atoms with van der Waals surface area (Å²) in [5.41, 5.74) is 2.75. The molecule has 0 aliphatic carbocycles. The van der Waals surface area contributed by atoms with Gasteiger partial charge in [0.15, 0.2) is 11.5 Å². The van der Waals surface area contributed by atoms with Gasteiger partial charge < -0.3 is 14.8 Å². The molecule has 2 rings (SSSR count). The zero-order valence-electron chi connectivity index (χ0n) is 11.0. The smallest absolute Gasteiger partial charge is 0.220 e. The number of nitrogens with one attached hydrogen (secondary N) is 1. The van der Waals surface area contributed by atoms with Gasteiger partial charge >= 0.3 is 0 Å². The Balaban J connectivity index is 1.86. The van der Waals surface area contributed by atoms with Crippen LogP contribution in [0.2, 0.25) is 0 Å². The number of aliphatic hydroxyl groups excluding tert-OH is 1. The van der Waals surface area contributed by atoms with E-state index >= 15 is 0 Å². The van der Waals surface area contributed by atoms with Gasteiger partial charge in [0.25, 0.3) is 0 Å². The Hall–Kier alpha value is -1.88.